The lowest BCUT2D eigenvalue weighted by molar-refractivity contribution is -0.133. The van der Waals surface area contributed by atoms with Crippen molar-refractivity contribution in [1.29, 1.82) is 0 Å². The number of amides is 1. The first kappa shape index (κ1) is 21.6. The number of hydrogen-bond donors (Lipinski definition) is 1. The highest BCUT2D eigenvalue weighted by Gasteiger charge is 2.28. The van der Waals surface area contributed by atoms with Crippen molar-refractivity contribution < 1.29 is 4.79 Å². The Morgan fingerprint density at radius 3 is 2.45 bits per heavy atom. The lowest BCUT2D eigenvalue weighted by Gasteiger charge is -2.34. The van der Waals surface area contributed by atoms with Gasteiger partial charge in [0.15, 0.2) is 0 Å². The highest BCUT2D eigenvalue weighted by molar-refractivity contribution is 7.98. The van der Waals surface area contributed by atoms with Crippen molar-refractivity contribution in [2.45, 2.75) is 45.6 Å². The first-order chi connectivity index (χ1) is 14.0. The largest absolute Gasteiger partial charge is 0.342 e. The normalized spacial score (nSPS) is 15.9. The third-order valence-corrected chi connectivity index (χ3v) is 6.13. The molecular formula is C23H32N4OS. The van der Waals surface area contributed by atoms with Crippen LogP contribution < -0.4 is 5.32 Å². The Hall–Kier alpha value is -2.08. The van der Waals surface area contributed by atoms with Gasteiger partial charge in [-0.25, -0.2) is 9.97 Å². The molecule has 3 rings (SSSR count). The molecule has 156 valence electrons. The van der Waals surface area contributed by atoms with Gasteiger partial charge in [-0.2, -0.15) is 11.8 Å². The van der Waals surface area contributed by atoms with Gasteiger partial charge in [0.25, 0.3) is 0 Å². The molecule has 0 saturated carbocycles. The van der Waals surface area contributed by atoms with Crippen LogP contribution in [-0.4, -0.2) is 51.9 Å². The van der Waals surface area contributed by atoms with Crippen LogP contribution in [0.4, 0.5) is 5.95 Å². The van der Waals surface area contributed by atoms with E-state index in [0.717, 1.165) is 55.9 Å². The summed E-state index contributed by atoms with van der Waals surface area (Å²) in [4.78, 5) is 24.2. The number of piperidine rings is 1. The fourth-order valence-corrected chi connectivity index (χ4v) is 4.44. The van der Waals surface area contributed by atoms with Crippen LogP contribution in [0.25, 0.3) is 0 Å². The van der Waals surface area contributed by atoms with Crippen LogP contribution in [0.2, 0.25) is 0 Å². The summed E-state index contributed by atoms with van der Waals surface area (Å²) in [5, 5.41) is 3.32. The Balaban J connectivity index is 1.59. The number of hydrogen-bond acceptors (Lipinski definition) is 5. The van der Waals surface area contributed by atoms with E-state index in [1.807, 2.05) is 24.8 Å². The molecule has 1 atom stereocenters. The predicted octanol–water partition coefficient (Wildman–Crippen LogP) is 4.11. The summed E-state index contributed by atoms with van der Waals surface area (Å²) >= 11 is 1.76. The number of benzene rings is 1. The molecule has 29 heavy (non-hydrogen) atoms. The van der Waals surface area contributed by atoms with Crippen molar-refractivity contribution in [3.05, 3.63) is 53.3 Å². The molecule has 1 aromatic carbocycles. The molecule has 1 N–H and O–H groups in total. The molecule has 6 heteroatoms. The van der Waals surface area contributed by atoms with Gasteiger partial charge in [-0.1, -0.05) is 30.3 Å². The van der Waals surface area contributed by atoms with E-state index in [2.05, 4.69) is 51.9 Å². The fraction of sp³-hybridized carbons (Fsp3) is 0.522. The SMILES string of the molecule is CSCC[C@H](Nc1nc(C)cc(C)n1)C(=O)N1CCC(Cc2ccccc2)CC1. The zero-order valence-electron chi connectivity index (χ0n) is 17.7. The van der Waals surface area contributed by atoms with Crippen molar-refractivity contribution in [2.24, 2.45) is 5.92 Å². The number of aromatic nitrogens is 2. The molecular weight excluding hydrogens is 380 g/mol. The second kappa shape index (κ2) is 10.6. The van der Waals surface area contributed by atoms with E-state index >= 15 is 0 Å². The second-order valence-electron chi connectivity index (χ2n) is 7.91. The van der Waals surface area contributed by atoms with Crippen molar-refractivity contribution in [1.82, 2.24) is 14.9 Å². The van der Waals surface area contributed by atoms with E-state index in [1.54, 1.807) is 11.8 Å². The van der Waals surface area contributed by atoms with Crippen molar-refractivity contribution in [3.63, 3.8) is 0 Å². The van der Waals surface area contributed by atoms with Crippen molar-refractivity contribution in [3.8, 4) is 0 Å². The quantitative estimate of drug-likeness (QED) is 0.707. The number of carbonyl (C=O) groups excluding carboxylic acids is 1. The average molecular weight is 413 g/mol. The summed E-state index contributed by atoms with van der Waals surface area (Å²) in [5.41, 5.74) is 3.22. The minimum atomic E-state index is -0.269. The lowest BCUT2D eigenvalue weighted by atomic mass is 9.90. The summed E-state index contributed by atoms with van der Waals surface area (Å²) in [6.45, 7) is 5.58. The molecule has 1 saturated heterocycles. The molecule has 0 radical (unpaired) electrons. The Morgan fingerprint density at radius 2 is 1.83 bits per heavy atom. The molecule has 0 bridgehead atoms. The summed E-state index contributed by atoms with van der Waals surface area (Å²) in [6, 6.07) is 12.3. The van der Waals surface area contributed by atoms with E-state index in [1.165, 1.54) is 5.56 Å². The average Bonchev–Trinajstić information content (AvgIpc) is 2.71. The van der Waals surface area contributed by atoms with Crippen molar-refractivity contribution in [2.75, 3.05) is 30.4 Å². The summed E-state index contributed by atoms with van der Waals surface area (Å²) < 4.78 is 0. The van der Waals surface area contributed by atoms with Crippen LogP contribution in [0.1, 0.15) is 36.2 Å². The number of rotatable bonds is 8. The number of carbonyl (C=O) groups is 1. The minimum Gasteiger partial charge on any atom is -0.342 e. The maximum atomic E-state index is 13.2. The minimum absolute atomic E-state index is 0.181. The van der Waals surface area contributed by atoms with Crippen LogP contribution in [0, 0.1) is 19.8 Å². The Kier molecular flexibility index (Phi) is 7.92. The smallest absolute Gasteiger partial charge is 0.245 e. The van der Waals surface area contributed by atoms with Gasteiger partial charge in [0.2, 0.25) is 11.9 Å². The van der Waals surface area contributed by atoms with E-state index in [9.17, 15) is 4.79 Å². The third kappa shape index (κ3) is 6.46. The molecule has 5 nitrogen and oxygen atoms in total. The van der Waals surface area contributed by atoms with Crippen molar-refractivity contribution >= 4 is 23.6 Å². The molecule has 1 aliphatic rings. The molecule has 0 aliphatic carbocycles. The van der Waals surface area contributed by atoms with Gasteiger partial charge in [0, 0.05) is 24.5 Å². The topological polar surface area (TPSA) is 58.1 Å². The standard InChI is InChI=1S/C23H32N4OS/c1-17-15-18(2)25-23(24-17)26-21(11-14-29-3)22(28)27-12-9-20(10-13-27)16-19-7-5-4-6-8-19/h4-8,15,20-21H,9-14,16H2,1-3H3,(H,24,25,26)/t21-/m0/s1. The van der Waals surface area contributed by atoms with Gasteiger partial charge in [-0.15, -0.1) is 0 Å². The number of anilines is 1. The first-order valence-electron chi connectivity index (χ1n) is 10.5. The van der Waals surface area contributed by atoms with E-state index in [-0.39, 0.29) is 11.9 Å². The maximum Gasteiger partial charge on any atom is 0.245 e. The van der Waals surface area contributed by atoms with Gasteiger partial charge in [0.05, 0.1) is 0 Å². The van der Waals surface area contributed by atoms with Crippen LogP contribution in [0.15, 0.2) is 36.4 Å². The summed E-state index contributed by atoms with van der Waals surface area (Å²) in [5.74, 6) is 2.32. The van der Waals surface area contributed by atoms with Crippen LogP contribution in [-0.2, 0) is 11.2 Å². The molecule has 0 spiro atoms. The fourth-order valence-electron chi connectivity index (χ4n) is 3.96. The molecule has 0 unspecified atom stereocenters. The molecule has 1 aromatic heterocycles. The Bertz CT molecular complexity index is 770. The summed E-state index contributed by atoms with van der Waals surface area (Å²) in [7, 11) is 0. The number of thioether (sulfide) groups is 1. The Labute approximate surface area is 178 Å². The number of nitrogens with one attached hydrogen (secondary N) is 1. The van der Waals surface area contributed by atoms with E-state index in [4.69, 9.17) is 0 Å². The summed E-state index contributed by atoms with van der Waals surface area (Å²) in [6.07, 6.45) is 6.09. The Morgan fingerprint density at radius 1 is 1.17 bits per heavy atom. The highest BCUT2D eigenvalue weighted by Crippen LogP contribution is 2.23. The first-order valence-corrected chi connectivity index (χ1v) is 11.8. The van der Waals surface area contributed by atoms with Gasteiger partial charge >= 0.3 is 0 Å². The number of aryl methyl sites for hydroxylation is 2. The lowest BCUT2D eigenvalue weighted by Crippen LogP contribution is -2.47. The van der Waals surface area contributed by atoms with Crippen LogP contribution in [0.3, 0.4) is 0 Å². The predicted molar refractivity (Wildman–Crippen MR) is 121 cm³/mol. The zero-order chi connectivity index (χ0) is 20.6. The van der Waals surface area contributed by atoms with Gasteiger partial charge in [-0.05, 0) is 69.1 Å². The third-order valence-electron chi connectivity index (χ3n) is 5.49. The number of nitrogens with zero attached hydrogens (tertiary/aromatic N) is 3. The van der Waals surface area contributed by atoms with E-state index < -0.39 is 0 Å². The zero-order valence-corrected chi connectivity index (χ0v) is 18.5. The molecule has 1 amide bonds. The van der Waals surface area contributed by atoms with Gasteiger partial charge < -0.3 is 10.2 Å². The van der Waals surface area contributed by atoms with Gasteiger partial charge in [0.1, 0.15) is 6.04 Å². The highest BCUT2D eigenvalue weighted by atomic mass is 32.2. The second-order valence-corrected chi connectivity index (χ2v) is 8.90. The van der Waals surface area contributed by atoms with Crippen LogP contribution in [0.5, 0.6) is 0 Å². The number of likely N-dealkylation sites (tertiary alicyclic amines) is 1. The maximum absolute atomic E-state index is 13.2. The van der Waals surface area contributed by atoms with E-state index in [0.29, 0.717) is 11.9 Å². The monoisotopic (exact) mass is 412 g/mol. The van der Waals surface area contributed by atoms with Gasteiger partial charge in [-0.3, -0.25) is 4.79 Å². The molecule has 1 aliphatic heterocycles. The molecule has 2 heterocycles. The van der Waals surface area contributed by atoms with Crippen LogP contribution >= 0.6 is 11.8 Å². The molecule has 1 fully saturated rings. The molecule has 2 aromatic rings.